The van der Waals surface area contributed by atoms with Gasteiger partial charge in [-0.2, -0.15) is 0 Å². The van der Waals surface area contributed by atoms with Gasteiger partial charge in [-0.1, -0.05) is 24.3 Å². The van der Waals surface area contributed by atoms with Gasteiger partial charge in [0.05, 0.1) is 12.5 Å². The van der Waals surface area contributed by atoms with Crippen LogP contribution in [0, 0.1) is 5.92 Å². The molecule has 0 spiro atoms. The normalized spacial score (nSPS) is 21.1. The van der Waals surface area contributed by atoms with Crippen LogP contribution in [0.3, 0.4) is 0 Å². The molecule has 1 N–H and O–H groups in total. The van der Waals surface area contributed by atoms with E-state index in [-0.39, 0.29) is 24.8 Å². The number of carbonyl (C=O) groups excluding carboxylic acids is 3. The van der Waals surface area contributed by atoms with Gasteiger partial charge in [-0.3, -0.25) is 9.59 Å². The maximum Gasteiger partial charge on any atom is 0.332 e. The lowest BCUT2D eigenvalue weighted by atomic mass is 9.94. The second-order valence-corrected chi connectivity index (χ2v) is 6.75. The molecule has 0 unspecified atom stereocenters. The summed E-state index contributed by atoms with van der Waals surface area (Å²) in [6.45, 7) is 4.92. The third kappa shape index (κ3) is 3.25. The molecule has 134 valence electrons. The van der Waals surface area contributed by atoms with Crippen molar-refractivity contribution in [2.45, 2.75) is 38.6 Å². The first-order valence-electron chi connectivity index (χ1n) is 8.83. The topological polar surface area (TPSA) is 75.7 Å². The molecule has 1 saturated heterocycles. The molecule has 1 fully saturated rings. The number of nitrogens with one attached hydrogen (secondary N) is 1. The highest BCUT2D eigenvalue weighted by molar-refractivity contribution is 5.94. The highest BCUT2D eigenvalue weighted by atomic mass is 16.5. The Hall–Kier alpha value is -2.37. The van der Waals surface area contributed by atoms with Crippen molar-refractivity contribution >= 4 is 17.8 Å². The fourth-order valence-corrected chi connectivity index (χ4v) is 3.76. The van der Waals surface area contributed by atoms with Crippen LogP contribution in [0.5, 0.6) is 0 Å². The highest BCUT2D eigenvalue weighted by Gasteiger charge is 2.48. The Kier molecular flexibility index (Phi) is 4.79. The summed E-state index contributed by atoms with van der Waals surface area (Å²) in [4.78, 5) is 39.0. The Bertz CT molecular complexity index is 675. The number of rotatable bonds is 5. The first-order chi connectivity index (χ1) is 12.0. The zero-order valence-electron chi connectivity index (χ0n) is 14.7. The molecule has 25 heavy (non-hydrogen) atoms. The SMILES string of the molecule is CCOC(=O)C1(NC(=O)[C@@H]2CC(=O)N(CC)C2)Cc2ccccc2C1. The van der Waals surface area contributed by atoms with Crippen molar-refractivity contribution < 1.29 is 19.1 Å². The molecule has 0 bridgehead atoms. The maximum absolute atomic E-state index is 12.8. The van der Waals surface area contributed by atoms with Gasteiger partial charge < -0.3 is 15.0 Å². The van der Waals surface area contributed by atoms with Crippen LogP contribution in [0.2, 0.25) is 0 Å². The average Bonchev–Trinajstić information content (AvgIpc) is 3.15. The van der Waals surface area contributed by atoms with Crippen molar-refractivity contribution in [1.29, 1.82) is 0 Å². The van der Waals surface area contributed by atoms with Gasteiger partial charge in [0, 0.05) is 32.4 Å². The number of ether oxygens (including phenoxy) is 1. The standard InChI is InChI=1S/C19H24N2O4/c1-3-21-12-15(9-16(21)22)17(23)20-19(18(24)25-4-2)10-13-7-5-6-8-14(13)11-19/h5-8,15H,3-4,9-12H2,1-2H3,(H,20,23)/t15-/m1/s1. The molecule has 2 aliphatic rings. The smallest absolute Gasteiger partial charge is 0.332 e. The molecule has 1 atom stereocenters. The molecule has 0 aromatic heterocycles. The van der Waals surface area contributed by atoms with E-state index >= 15 is 0 Å². The first kappa shape index (κ1) is 17.5. The molecule has 0 radical (unpaired) electrons. The number of carbonyl (C=O) groups is 3. The lowest BCUT2D eigenvalue weighted by molar-refractivity contribution is -0.153. The summed E-state index contributed by atoms with van der Waals surface area (Å²) < 4.78 is 5.26. The zero-order valence-corrected chi connectivity index (χ0v) is 14.7. The lowest BCUT2D eigenvalue weighted by Gasteiger charge is -2.29. The van der Waals surface area contributed by atoms with Crippen LogP contribution < -0.4 is 5.32 Å². The summed E-state index contributed by atoms with van der Waals surface area (Å²) in [5, 5.41) is 2.94. The van der Waals surface area contributed by atoms with Crippen LogP contribution in [0.25, 0.3) is 0 Å². The molecule has 0 saturated carbocycles. The molecule has 1 heterocycles. The van der Waals surface area contributed by atoms with Crippen molar-refractivity contribution in [2.24, 2.45) is 5.92 Å². The number of hydrogen-bond acceptors (Lipinski definition) is 4. The Morgan fingerprint density at radius 2 is 1.88 bits per heavy atom. The van der Waals surface area contributed by atoms with Gasteiger partial charge in [0.1, 0.15) is 5.54 Å². The first-order valence-corrected chi connectivity index (χ1v) is 8.83. The Morgan fingerprint density at radius 1 is 1.24 bits per heavy atom. The second-order valence-electron chi connectivity index (χ2n) is 6.75. The van der Waals surface area contributed by atoms with Crippen molar-refractivity contribution in [2.75, 3.05) is 19.7 Å². The van der Waals surface area contributed by atoms with Gasteiger partial charge in [-0.25, -0.2) is 4.79 Å². The van der Waals surface area contributed by atoms with Gasteiger partial charge >= 0.3 is 5.97 Å². The number of benzene rings is 1. The average molecular weight is 344 g/mol. The van der Waals surface area contributed by atoms with Crippen molar-refractivity contribution in [3.63, 3.8) is 0 Å². The molecule has 1 aliphatic carbocycles. The van der Waals surface area contributed by atoms with E-state index in [1.807, 2.05) is 31.2 Å². The molecule has 1 aliphatic heterocycles. The number of fused-ring (bicyclic) bond motifs is 1. The van der Waals surface area contributed by atoms with Gasteiger partial charge in [0.2, 0.25) is 11.8 Å². The fraction of sp³-hybridized carbons (Fsp3) is 0.526. The van der Waals surface area contributed by atoms with Gasteiger partial charge in [0.25, 0.3) is 0 Å². The molecule has 6 heteroatoms. The Labute approximate surface area is 147 Å². The van der Waals surface area contributed by atoms with Crippen LogP contribution in [-0.4, -0.2) is 47.9 Å². The zero-order chi connectivity index (χ0) is 18.0. The van der Waals surface area contributed by atoms with Gasteiger partial charge in [0.15, 0.2) is 0 Å². The van der Waals surface area contributed by atoms with Crippen LogP contribution >= 0.6 is 0 Å². The minimum absolute atomic E-state index is 0.0115. The van der Waals surface area contributed by atoms with Gasteiger partial charge in [-0.05, 0) is 25.0 Å². The summed E-state index contributed by atoms with van der Waals surface area (Å²) in [7, 11) is 0. The molecule has 6 nitrogen and oxygen atoms in total. The molecule has 1 aromatic rings. The molecular weight excluding hydrogens is 320 g/mol. The number of amides is 2. The molecule has 1 aromatic carbocycles. The molecule has 2 amide bonds. The predicted molar refractivity (Wildman–Crippen MR) is 91.7 cm³/mol. The van der Waals surface area contributed by atoms with Crippen LogP contribution in [0.1, 0.15) is 31.4 Å². The number of nitrogens with zero attached hydrogens (tertiary/aromatic N) is 1. The van der Waals surface area contributed by atoms with Crippen molar-refractivity contribution in [1.82, 2.24) is 10.2 Å². The van der Waals surface area contributed by atoms with E-state index < -0.39 is 17.4 Å². The summed E-state index contributed by atoms with van der Waals surface area (Å²) in [6.07, 6.45) is 1.04. The minimum Gasteiger partial charge on any atom is -0.464 e. The summed E-state index contributed by atoms with van der Waals surface area (Å²) in [6, 6.07) is 7.80. The van der Waals surface area contributed by atoms with E-state index in [9.17, 15) is 14.4 Å². The number of esters is 1. The van der Waals surface area contributed by atoms with E-state index in [1.54, 1.807) is 11.8 Å². The maximum atomic E-state index is 12.8. The summed E-state index contributed by atoms with van der Waals surface area (Å²) in [5.74, 6) is -1.08. The summed E-state index contributed by atoms with van der Waals surface area (Å²) in [5.41, 5.74) is 1.03. The van der Waals surface area contributed by atoms with Crippen molar-refractivity contribution in [3.05, 3.63) is 35.4 Å². The third-order valence-corrected chi connectivity index (χ3v) is 5.10. The molecular formula is C19H24N2O4. The van der Waals surface area contributed by atoms with Crippen LogP contribution in [-0.2, 0) is 32.0 Å². The summed E-state index contributed by atoms with van der Waals surface area (Å²) >= 11 is 0. The third-order valence-electron chi connectivity index (χ3n) is 5.10. The van der Waals surface area contributed by atoms with Crippen LogP contribution in [0.15, 0.2) is 24.3 Å². The quantitative estimate of drug-likeness (QED) is 0.811. The van der Waals surface area contributed by atoms with E-state index in [0.29, 0.717) is 25.9 Å². The largest absolute Gasteiger partial charge is 0.464 e. The fourth-order valence-electron chi connectivity index (χ4n) is 3.76. The van der Waals surface area contributed by atoms with E-state index in [0.717, 1.165) is 11.1 Å². The predicted octanol–water partition coefficient (Wildman–Crippen LogP) is 1.07. The minimum atomic E-state index is -1.07. The van der Waals surface area contributed by atoms with Crippen LogP contribution in [0.4, 0.5) is 0 Å². The highest BCUT2D eigenvalue weighted by Crippen LogP contribution is 2.32. The van der Waals surface area contributed by atoms with E-state index in [4.69, 9.17) is 4.74 Å². The second kappa shape index (κ2) is 6.86. The lowest BCUT2D eigenvalue weighted by Crippen LogP contribution is -2.57. The molecule has 3 rings (SSSR count). The van der Waals surface area contributed by atoms with E-state index in [1.165, 1.54) is 0 Å². The number of likely N-dealkylation sites (tertiary alicyclic amines) is 1. The monoisotopic (exact) mass is 344 g/mol. The number of hydrogen-bond donors (Lipinski definition) is 1. The van der Waals surface area contributed by atoms with Gasteiger partial charge in [-0.15, -0.1) is 0 Å². The van der Waals surface area contributed by atoms with E-state index in [2.05, 4.69) is 5.32 Å². The Morgan fingerprint density at radius 3 is 2.40 bits per heavy atom. The Balaban J connectivity index is 1.79. The van der Waals surface area contributed by atoms with Crippen molar-refractivity contribution in [3.8, 4) is 0 Å².